The predicted molar refractivity (Wildman–Crippen MR) is 85.3 cm³/mol. The summed E-state index contributed by atoms with van der Waals surface area (Å²) in [6.45, 7) is 1.17. The van der Waals surface area contributed by atoms with E-state index in [1.165, 1.54) is 19.1 Å². The van der Waals surface area contributed by atoms with Gasteiger partial charge in [-0.15, -0.1) is 0 Å². The van der Waals surface area contributed by atoms with E-state index in [-0.39, 0.29) is 5.69 Å². The lowest BCUT2D eigenvalue weighted by molar-refractivity contribution is -0.115. The Morgan fingerprint density at radius 2 is 1.65 bits per heavy atom. The molecular weight excluding hydrogens is 320 g/mol. The molecule has 7 nitrogen and oxygen atoms in total. The molecule has 126 valence electrons. The summed E-state index contributed by atoms with van der Waals surface area (Å²) in [5, 5.41) is 0. The van der Waals surface area contributed by atoms with Gasteiger partial charge in [-0.3, -0.25) is 9.35 Å². The molecule has 0 saturated heterocycles. The quantitative estimate of drug-likeness (QED) is 0.853. The van der Waals surface area contributed by atoms with Crippen molar-refractivity contribution in [1.82, 2.24) is 4.31 Å². The highest BCUT2D eigenvalue weighted by Crippen LogP contribution is 2.27. The van der Waals surface area contributed by atoms with Crippen LogP contribution in [0.15, 0.2) is 30.3 Å². The SMILES string of the molecule is CC(=O)N(C(=O)N(C1CCCCC1)S(=O)(=O)O)c1ccccc1. The van der Waals surface area contributed by atoms with Crippen LogP contribution in [0.3, 0.4) is 0 Å². The molecule has 0 bridgehead atoms. The maximum absolute atomic E-state index is 12.7. The largest absolute Gasteiger partial charge is 0.363 e. The Balaban J connectivity index is 2.40. The lowest BCUT2D eigenvalue weighted by atomic mass is 9.95. The number of hydrogen-bond donors (Lipinski definition) is 1. The molecule has 0 radical (unpaired) electrons. The summed E-state index contributed by atoms with van der Waals surface area (Å²) in [4.78, 5) is 25.4. The smallest absolute Gasteiger partial charge is 0.274 e. The molecule has 1 aromatic rings. The van der Waals surface area contributed by atoms with Gasteiger partial charge in [-0.05, 0) is 25.0 Å². The van der Waals surface area contributed by atoms with Gasteiger partial charge in [0, 0.05) is 6.92 Å². The Morgan fingerprint density at radius 3 is 2.13 bits per heavy atom. The minimum atomic E-state index is -4.76. The zero-order valence-electron chi connectivity index (χ0n) is 12.9. The molecule has 1 fully saturated rings. The van der Waals surface area contributed by atoms with E-state index in [1.54, 1.807) is 18.2 Å². The van der Waals surface area contributed by atoms with Gasteiger partial charge >= 0.3 is 16.3 Å². The molecule has 1 aromatic carbocycles. The topological polar surface area (TPSA) is 95.0 Å². The third-order valence-corrected chi connectivity index (χ3v) is 4.82. The number of benzene rings is 1. The van der Waals surface area contributed by atoms with Crippen molar-refractivity contribution in [1.29, 1.82) is 0 Å². The van der Waals surface area contributed by atoms with Crippen LogP contribution < -0.4 is 4.90 Å². The zero-order valence-corrected chi connectivity index (χ0v) is 13.7. The molecular formula is C15H20N2O5S. The van der Waals surface area contributed by atoms with E-state index in [0.29, 0.717) is 17.1 Å². The summed E-state index contributed by atoms with van der Waals surface area (Å²) in [5.41, 5.74) is 0.259. The van der Waals surface area contributed by atoms with E-state index in [2.05, 4.69) is 0 Å². The molecule has 1 N–H and O–H groups in total. The summed E-state index contributed by atoms with van der Waals surface area (Å²) in [5.74, 6) is -0.620. The Kier molecular flexibility index (Phi) is 5.38. The zero-order chi connectivity index (χ0) is 17.0. The fraction of sp³-hybridized carbons (Fsp3) is 0.467. The van der Waals surface area contributed by atoms with Gasteiger partial charge in [-0.2, -0.15) is 12.7 Å². The summed E-state index contributed by atoms with van der Waals surface area (Å²) in [7, 11) is -4.76. The molecule has 1 aliphatic rings. The van der Waals surface area contributed by atoms with E-state index in [1.807, 2.05) is 0 Å². The number of urea groups is 1. The van der Waals surface area contributed by atoms with Gasteiger partial charge in [0.05, 0.1) is 11.7 Å². The minimum Gasteiger partial charge on any atom is -0.274 e. The molecule has 0 aliphatic heterocycles. The third kappa shape index (κ3) is 4.08. The molecule has 23 heavy (non-hydrogen) atoms. The van der Waals surface area contributed by atoms with Gasteiger partial charge in [0.1, 0.15) is 0 Å². The van der Waals surface area contributed by atoms with Gasteiger partial charge in [0.15, 0.2) is 0 Å². The molecule has 1 saturated carbocycles. The predicted octanol–water partition coefficient (Wildman–Crippen LogP) is 2.60. The van der Waals surface area contributed by atoms with Gasteiger partial charge in [0.2, 0.25) is 5.91 Å². The second-order valence-electron chi connectivity index (χ2n) is 5.54. The van der Waals surface area contributed by atoms with Crippen LogP contribution in [-0.2, 0) is 15.1 Å². The maximum Gasteiger partial charge on any atom is 0.363 e. The van der Waals surface area contributed by atoms with Crippen molar-refractivity contribution in [2.24, 2.45) is 0 Å². The van der Waals surface area contributed by atoms with E-state index < -0.39 is 28.3 Å². The molecule has 0 heterocycles. The lowest BCUT2D eigenvalue weighted by Gasteiger charge is -2.34. The van der Waals surface area contributed by atoms with Gasteiger partial charge in [-0.25, -0.2) is 9.69 Å². The first-order valence-corrected chi connectivity index (χ1v) is 8.88. The number of nitrogens with zero attached hydrogens (tertiary/aromatic N) is 2. The monoisotopic (exact) mass is 340 g/mol. The van der Waals surface area contributed by atoms with Crippen LogP contribution in [0.4, 0.5) is 10.5 Å². The minimum absolute atomic E-state index is 0.259. The first-order chi connectivity index (χ1) is 10.8. The van der Waals surface area contributed by atoms with Crippen LogP contribution in [0, 0.1) is 0 Å². The third-order valence-electron chi connectivity index (χ3n) is 3.86. The number of amides is 3. The van der Waals surface area contributed by atoms with Gasteiger partial charge in [-0.1, -0.05) is 37.5 Å². The normalized spacial score (nSPS) is 15.9. The highest BCUT2D eigenvalue weighted by atomic mass is 32.2. The number of carbonyl (C=O) groups excluding carboxylic acids is 2. The van der Waals surface area contributed by atoms with Crippen LogP contribution in [0.1, 0.15) is 39.0 Å². The van der Waals surface area contributed by atoms with Crippen molar-refractivity contribution in [3.05, 3.63) is 30.3 Å². The highest BCUT2D eigenvalue weighted by molar-refractivity contribution is 7.84. The van der Waals surface area contributed by atoms with Crippen molar-refractivity contribution in [3.63, 3.8) is 0 Å². The number of para-hydroxylation sites is 1. The van der Waals surface area contributed by atoms with E-state index in [4.69, 9.17) is 0 Å². The molecule has 0 unspecified atom stereocenters. The number of anilines is 1. The Labute approximate surface area is 135 Å². The average molecular weight is 340 g/mol. The molecule has 3 amide bonds. The summed E-state index contributed by atoms with van der Waals surface area (Å²) in [6.07, 6.45) is 3.46. The molecule has 0 aromatic heterocycles. The van der Waals surface area contributed by atoms with Crippen LogP contribution >= 0.6 is 0 Å². The molecule has 1 aliphatic carbocycles. The number of hydrogen-bond acceptors (Lipinski definition) is 4. The van der Waals surface area contributed by atoms with Gasteiger partial charge in [0.25, 0.3) is 0 Å². The van der Waals surface area contributed by atoms with Crippen LogP contribution in [0.5, 0.6) is 0 Å². The average Bonchev–Trinajstić information content (AvgIpc) is 2.48. The Bertz CT molecular complexity index is 668. The summed E-state index contributed by atoms with van der Waals surface area (Å²) in [6, 6.07) is 6.38. The van der Waals surface area contributed by atoms with Crippen molar-refractivity contribution < 1.29 is 22.6 Å². The first kappa shape index (κ1) is 17.4. The van der Waals surface area contributed by atoms with E-state index in [0.717, 1.165) is 24.2 Å². The second-order valence-corrected chi connectivity index (χ2v) is 6.83. The standard InChI is InChI=1S/C15H20N2O5S/c1-12(18)16(13-8-4-2-5-9-13)15(19)17(23(20,21)22)14-10-6-3-7-11-14/h2,4-5,8-9,14H,3,6-7,10-11H2,1H3,(H,20,21,22). The lowest BCUT2D eigenvalue weighted by Crippen LogP contribution is -2.53. The second kappa shape index (κ2) is 7.10. The van der Waals surface area contributed by atoms with Crippen LogP contribution in [-0.4, -0.2) is 35.3 Å². The van der Waals surface area contributed by atoms with E-state index in [9.17, 15) is 22.6 Å². The molecule has 0 spiro atoms. The Hall–Kier alpha value is -1.93. The van der Waals surface area contributed by atoms with Crippen molar-refractivity contribution in [2.75, 3.05) is 4.90 Å². The van der Waals surface area contributed by atoms with Crippen LogP contribution in [0.2, 0.25) is 0 Å². The maximum atomic E-state index is 12.7. The number of rotatable bonds is 3. The van der Waals surface area contributed by atoms with Crippen LogP contribution in [0.25, 0.3) is 0 Å². The van der Waals surface area contributed by atoms with E-state index >= 15 is 0 Å². The van der Waals surface area contributed by atoms with Crippen molar-refractivity contribution >= 4 is 27.9 Å². The van der Waals surface area contributed by atoms with Crippen molar-refractivity contribution in [2.45, 2.75) is 45.1 Å². The first-order valence-electron chi connectivity index (χ1n) is 7.49. The fourth-order valence-corrected chi connectivity index (χ4v) is 3.73. The Morgan fingerprint density at radius 1 is 1.09 bits per heavy atom. The highest BCUT2D eigenvalue weighted by Gasteiger charge is 2.38. The number of imide groups is 1. The number of carbonyl (C=O) groups is 2. The molecule has 0 atom stereocenters. The van der Waals surface area contributed by atoms with Gasteiger partial charge < -0.3 is 0 Å². The molecule has 2 rings (SSSR count). The summed E-state index contributed by atoms with van der Waals surface area (Å²) < 4.78 is 33.5. The van der Waals surface area contributed by atoms with Crippen molar-refractivity contribution in [3.8, 4) is 0 Å². The fourth-order valence-electron chi connectivity index (χ4n) is 2.86. The molecule has 8 heteroatoms. The summed E-state index contributed by atoms with van der Waals surface area (Å²) >= 11 is 0.